The minimum Gasteiger partial charge on any atom is -0.481 e. The van der Waals surface area contributed by atoms with Gasteiger partial charge in [-0.15, -0.1) is 0 Å². The molecule has 1 aliphatic heterocycles. The zero-order valence-electron chi connectivity index (χ0n) is 13.7. The number of hydrogen-bond donors (Lipinski definition) is 2. The first-order valence-electron chi connectivity index (χ1n) is 8.40. The molecular weight excluding hydrogens is 292 g/mol. The van der Waals surface area contributed by atoms with Crippen LogP contribution in [0, 0.1) is 5.92 Å². The molecule has 0 saturated carbocycles. The second kappa shape index (κ2) is 8.67. The van der Waals surface area contributed by atoms with Crippen LogP contribution in [0.5, 0.6) is 0 Å². The maximum Gasteiger partial charge on any atom is 0.308 e. The van der Waals surface area contributed by atoms with Crippen molar-refractivity contribution in [2.24, 2.45) is 5.92 Å². The Morgan fingerprint density at radius 2 is 2.09 bits per heavy atom. The Hall–Kier alpha value is -1.88. The molecule has 2 rings (SSSR count). The van der Waals surface area contributed by atoms with Gasteiger partial charge in [-0.25, -0.2) is 0 Å². The number of amides is 1. The molecule has 0 spiro atoms. The van der Waals surface area contributed by atoms with Crippen LogP contribution in [-0.2, 0) is 16.1 Å². The lowest BCUT2D eigenvalue weighted by atomic mass is 10.0. The molecular formula is C18H26N2O3. The number of likely N-dealkylation sites (tertiary alicyclic amines) is 1. The summed E-state index contributed by atoms with van der Waals surface area (Å²) in [6.45, 7) is 3.84. The van der Waals surface area contributed by atoms with Crippen molar-refractivity contribution in [1.82, 2.24) is 10.2 Å². The lowest BCUT2D eigenvalue weighted by Crippen LogP contribution is -2.45. The Morgan fingerprint density at radius 1 is 1.35 bits per heavy atom. The number of nitrogens with one attached hydrogen (secondary N) is 1. The zero-order chi connectivity index (χ0) is 16.7. The normalized spacial score (nSPS) is 19.4. The van der Waals surface area contributed by atoms with Gasteiger partial charge in [-0.2, -0.15) is 0 Å². The summed E-state index contributed by atoms with van der Waals surface area (Å²) in [7, 11) is 0. The summed E-state index contributed by atoms with van der Waals surface area (Å²) in [5, 5.41) is 12.0. The standard InChI is InChI=1S/C18H26N2O3/c1-2-7-15(18(22)23)12-19-17(21)16-10-6-11-20(16)13-14-8-4-3-5-9-14/h3-5,8-9,15-16H,2,6-7,10-13H2,1H3,(H,19,21)(H,22,23). The molecule has 0 radical (unpaired) electrons. The van der Waals surface area contributed by atoms with E-state index in [0.29, 0.717) is 6.42 Å². The second-order valence-corrected chi connectivity index (χ2v) is 6.18. The number of carbonyl (C=O) groups is 2. The van der Waals surface area contributed by atoms with Crippen molar-refractivity contribution < 1.29 is 14.7 Å². The third-order valence-corrected chi connectivity index (χ3v) is 4.40. The fraction of sp³-hybridized carbons (Fsp3) is 0.556. The largest absolute Gasteiger partial charge is 0.481 e. The summed E-state index contributed by atoms with van der Waals surface area (Å²) in [5.74, 6) is -1.37. The van der Waals surface area contributed by atoms with Crippen LogP contribution in [0.2, 0.25) is 0 Å². The maximum absolute atomic E-state index is 12.4. The molecule has 5 heteroatoms. The summed E-state index contributed by atoms with van der Waals surface area (Å²) in [6, 6.07) is 9.97. The van der Waals surface area contributed by atoms with Crippen LogP contribution in [0.1, 0.15) is 38.2 Å². The van der Waals surface area contributed by atoms with E-state index in [9.17, 15) is 9.59 Å². The van der Waals surface area contributed by atoms with Gasteiger partial charge in [0.1, 0.15) is 0 Å². The van der Waals surface area contributed by atoms with E-state index in [0.717, 1.165) is 32.4 Å². The lowest BCUT2D eigenvalue weighted by molar-refractivity contribution is -0.142. The van der Waals surface area contributed by atoms with Gasteiger partial charge in [-0.3, -0.25) is 14.5 Å². The third-order valence-electron chi connectivity index (χ3n) is 4.40. The van der Waals surface area contributed by atoms with Gasteiger partial charge in [0.15, 0.2) is 0 Å². The molecule has 1 saturated heterocycles. The number of carboxylic acid groups (broad SMARTS) is 1. The zero-order valence-corrected chi connectivity index (χ0v) is 13.7. The van der Waals surface area contributed by atoms with Crippen LogP contribution in [0.25, 0.3) is 0 Å². The highest BCUT2D eigenvalue weighted by atomic mass is 16.4. The van der Waals surface area contributed by atoms with Crippen molar-refractivity contribution in [1.29, 1.82) is 0 Å². The van der Waals surface area contributed by atoms with Crippen LogP contribution >= 0.6 is 0 Å². The Morgan fingerprint density at radius 3 is 2.74 bits per heavy atom. The molecule has 0 bridgehead atoms. The fourth-order valence-corrected chi connectivity index (χ4v) is 3.13. The van der Waals surface area contributed by atoms with Crippen molar-refractivity contribution >= 4 is 11.9 Å². The van der Waals surface area contributed by atoms with Crippen molar-refractivity contribution in [3.8, 4) is 0 Å². The lowest BCUT2D eigenvalue weighted by Gasteiger charge is -2.24. The summed E-state index contributed by atoms with van der Waals surface area (Å²) in [6.07, 6.45) is 3.23. The molecule has 1 amide bonds. The molecule has 126 valence electrons. The van der Waals surface area contributed by atoms with E-state index < -0.39 is 11.9 Å². The number of aliphatic carboxylic acids is 1. The molecule has 1 aliphatic rings. The van der Waals surface area contributed by atoms with E-state index in [-0.39, 0.29) is 18.5 Å². The Kier molecular flexibility index (Phi) is 6.59. The van der Waals surface area contributed by atoms with E-state index in [1.165, 1.54) is 5.56 Å². The van der Waals surface area contributed by atoms with Gasteiger partial charge in [0.05, 0.1) is 12.0 Å². The average molecular weight is 318 g/mol. The first-order chi connectivity index (χ1) is 11.1. The molecule has 2 unspecified atom stereocenters. The average Bonchev–Trinajstić information content (AvgIpc) is 3.00. The van der Waals surface area contributed by atoms with Gasteiger partial charge in [0, 0.05) is 13.1 Å². The minimum absolute atomic E-state index is 0.0409. The van der Waals surface area contributed by atoms with Crippen molar-refractivity contribution in [3.05, 3.63) is 35.9 Å². The maximum atomic E-state index is 12.4. The molecule has 0 aromatic heterocycles. The summed E-state index contributed by atoms with van der Waals surface area (Å²) in [4.78, 5) is 25.8. The Labute approximate surface area is 137 Å². The summed E-state index contributed by atoms with van der Waals surface area (Å²) >= 11 is 0. The van der Waals surface area contributed by atoms with Crippen molar-refractivity contribution in [2.45, 2.75) is 45.2 Å². The monoisotopic (exact) mass is 318 g/mol. The number of nitrogens with zero attached hydrogens (tertiary/aromatic N) is 1. The van der Waals surface area contributed by atoms with Gasteiger partial charge < -0.3 is 10.4 Å². The highest BCUT2D eigenvalue weighted by Gasteiger charge is 2.31. The van der Waals surface area contributed by atoms with Gasteiger partial charge in [0.25, 0.3) is 0 Å². The second-order valence-electron chi connectivity index (χ2n) is 6.18. The van der Waals surface area contributed by atoms with Gasteiger partial charge in [-0.05, 0) is 31.4 Å². The Bertz CT molecular complexity index is 518. The van der Waals surface area contributed by atoms with Gasteiger partial charge in [0.2, 0.25) is 5.91 Å². The molecule has 1 fully saturated rings. The van der Waals surface area contributed by atoms with E-state index >= 15 is 0 Å². The van der Waals surface area contributed by atoms with Crippen LogP contribution in [0.3, 0.4) is 0 Å². The predicted octanol–water partition coefficient (Wildman–Crippen LogP) is 2.27. The van der Waals surface area contributed by atoms with E-state index in [1.807, 2.05) is 25.1 Å². The number of carboxylic acids is 1. The molecule has 2 atom stereocenters. The molecule has 0 aliphatic carbocycles. The van der Waals surface area contributed by atoms with E-state index in [2.05, 4.69) is 22.3 Å². The molecule has 2 N–H and O–H groups in total. The van der Waals surface area contributed by atoms with Gasteiger partial charge >= 0.3 is 5.97 Å². The fourth-order valence-electron chi connectivity index (χ4n) is 3.13. The molecule has 5 nitrogen and oxygen atoms in total. The van der Waals surface area contributed by atoms with Crippen molar-refractivity contribution in [2.75, 3.05) is 13.1 Å². The van der Waals surface area contributed by atoms with Crippen LogP contribution < -0.4 is 5.32 Å². The van der Waals surface area contributed by atoms with E-state index in [4.69, 9.17) is 5.11 Å². The number of rotatable bonds is 8. The molecule has 1 heterocycles. The first kappa shape index (κ1) is 17.5. The summed E-state index contributed by atoms with van der Waals surface area (Å²) in [5.41, 5.74) is 1.20. The van der Waals surface area contributed by atoms with Crippen LogP contribution in [0.4, 0.5) is 0 Å². The predicted molar refractivity (Wildman–Crippen MR) is 88.9 cm³/mol. The molecule has 1 aromatic carbocycles. The number of carbonyl (C=O) groups excluding carboxylic acids is 1. The minimum atomic E-state index is -0.834. The topological polar surface area (TPSA) is 69.6 Å². The Balaban J connectivity index is 1.88. The summed E-state index contributed by atoms with van der Waals surface area (Å²) < 4.78 is 0. The van der Waals surface area contributed by atoms with Gasteiger partial charge in [-0.1, -0.05) is 43.7 Å². The number of benzene rings is 1. The SMILES string of the molecule is CCCC(CNC(=O)C1CCCN1Cc1ccccc1)C(=O)O. The van der Waals surface area contributed by atoms with E-state index in [1.54, 1.807) is 0 Å². The first-order valence-corrected chi connectivity index (χ1v) is 8.40. The smallest absolute Gasteiger partial charge is 0.308 e. The highest BCUT2D eigenvalue weighted by Crippen LogP contribution is 2.20. The third kappa shape index (κ3) is 5.06. The molecule has 1 aromatic rings. The van der Waals surface area contributed by atoms with Crippen molar-refractivity contribution in [3.63, 3.8) is 0 Å². The van der Waals surface area contributed by atoms with Crippen LogP contribution in [0.15, 0.2) is 30.3 Å². The molecule has 23 heavy (non-hydrogen) atoms. The van der Waals surface area contributed by atoms with Crippen LogP contribution in [-0.4, -0.2) is 41.0 Å². The highest BCUT2D eigenvalue weighted by molar-refractivity contribution is 5.82. The quantitative estimate of drug-likeness (QED) is 0.771. The number of hydrogen-bond acceptors (Lipinski definition) is 3.